The lowest BCUT2D eigenvalue weighted by atomic mass is 9.94. The molecule has 25 heavy (non-hydrogen) atoms. The van der Waals surface area contributed by atoms with Crippen molar-refractivity contribution in [1.82, 2.24) is 4.90 Å². The van der Waals surface area contributed by atoms with E-state index in [4.69, 9.17) is 4.74 Å². The predicted octanol–water partition coefficient (Wildman–Crippen LogP) is 2.25. The lowest BCUT2D eigenvalue weighted by molar-refractivity contribution is -0.144. The van der Waals surface area contributed by atoms with Gasteiger partial charge in [0.15, 0.2) is 0 Å². The zero-order valence-electron chi connectivity index (χ0n) is 14.9. The Morgan fingerprint density at radius 2 is 1.80 bits per heavy atom. The zero-order valence-corrected chi connectivity index (χ0v) is 14.9. The first-order valence-corrected chi connectivity index (χ1v) is 9.16. The normalized spacial score (nSPS) is 18.7. The molecule has 1 aromatic carbocycles. The summed E-state index contributed by atoms with van der Waals surface area (Å²) in [7, 11) is 1.74. The van der Waals surface area contributed by atoms with E-state index in [-0.39, 0.29) is 6.04 Å². The van der Waals surface area contributed by atoms with E-state index in [2.05, 4.69) is 10.2 Å². The fourth-order valence-corrected chi connectivity index (χ4v) is 3.63. The number of nitrogens with zero attached hydrogens (tertiary/aromatic N) is 2. The summed E-state index contributed by atoms with van der Waals surface area (Å²) < 4.78 is 5.39. The standard InChI is InChI=1S/C19H27N3O3/c1-21(15-7-3-2-4-8-15)19(24)18(23)20-16-9-5-6-10-17(16)22-11-13-25-14-12-22/h5-6,9-10,15H,2-4,7-8,11-14H2,1H3,(H,20,23). The molecule has 1 aliphatic carbocycles. The average molecular weight is 345 g/mol. The van der Waals surface area contributed by atoms with Gasteiger partial charge in [0.1, 0.15) is 0 Å². The second-order valence-electron chi connectivity index (χ2n) is 6.78. The van der Waals surface area contributed by atoms with Crippen LogP contribution in [-0.2, 0) is 14.3 Å². The Kier molecular flexibility index (Phi) is 5.91. The van der Waals surface area contributed by atoms with Crippen LogP contribution in [0.2, 0.25) is 0 Å². The van der Waals surface area contributed by atoms with Crippen LogP contribution in [0.5, 0.6) is 0 Å². The first-order chi connectivity index (χ1) is 12.2. The fourth-order valence-electron chi connectivity index (χ4n) is 3.63. The van der Waals surface area contributed by atoms with Crippen molar-refractivity contribution < 1.29 is 14.3 Å². The number of morpholine rings is 1. The molecule has 2 aliphatic rings. The van der Waals surface area contributed by atoms with Crippen LogP contribution in [0.1, 0.15) is 32.1 Å². The van der Waals surface area contributed by atoms with Crippen LogP contribution in [-0.4, -0.2) is 56.1 Å². The second-order valence-corrected chi connectivity index (χ2v) is 6.78. The number of hydrogen-bond donors (Lipinski definition) is 1. The van der Waals surface area contributed by atoms with Gasteiger partial charge in [-0.1, -0.05) is 31.4 Å². The van der Waals surface area contributed by atoms with Crippen LogP contribution in [0.15, 0.2) is 24.3 Å². The molecule has 1 heterocycles. The summed E-state index contributed by atoms with van der Waals surface area (Å²) in [5.74, 6) is -1.02. The third kappa shape index (κ3) is 4.31. The number of ether oxygens (including phenoxy) is 1. The number of anilines is 2. The highest BCUT2D eigenvalue weighted by Crippen LogP contribution is 2.27. The first-order valence-electron chi connectivity index (χ1n) is 9.16. The number of para-hydroxylation sites is 2. The number of rotatable bonds is 3. The van der Waals surface area contributed by atoms with Gasteiger partial charge >= 0.3 is 11.8 Å². The third-order valence-corrected chi connectivity index (χ3v) is 5.14. The summed E-state index contributed by atoms with van der Waals surface area (Å²) in [6.45, 7) is 2.91. The molecule has 1 saturated carbocycles. The molecule has 1 aromatic rings. The van der Waals surface area contributed by atoms with E-state index in [1.165, 1.54) is 6.42 Å². The third-order valence-electron chi connectivity index (χ3n) is 5.14. The molecule has 3 rings (SSSR count). The van der Waals surface area contributed by atoms with Gasteiger partial charge in [0.25, 0.3) is 0 Å². The Morgan fingerprint density at radius 3 is 2.52 bits per heavy atom. The molecular weight excluding hydrogens is 318 g/mol. The Hall–Kier alpha value is -2.08. The van der Waals surface area contributed by atoms with Gasteiger partial charge < -0.3 is 19.9 Å². The van der Waals surface area contributed by atoms with Gasteiger partial charge in [0.05, 0.1) is 24.6 Å². The molecule has 6 nitrogen and oxygen atoms in total. The Morgan fingerprint density at radius 1 is 1.12 bits per heavy atom. The summed E-state index contributed by atoms with van der Waals surface area (Å²) in [4.78, 5) is 28.8. The minimum atomic E-state index is -0.561. The lowest BCUT2D eigenvalue weighted by Crippen LogP contribution is -2.44. The maximum absolute atomic E-state index is 12.5. The van der Waals surface area contributed by atoms with Crippen molar-refractivity contribution in [3.63, 3.8) is 0 Å². The maximum Gasteiger partial charge on any atom is 0.313 e. The minimum absolute atomic E-state index is 0.182. The smallest absolute Gasteiger partial charge is 0.313 e. The molecule has 1 saturated heterocycles. The number of benzene rings is 1. The van der Waals surface area contributed by atoms with Crippen LogP contribution < -0.4 is 10.2 Å². The average Bonchev–Trinajstić information content (AvgIpc) is 2.68. The summed E-state index contributed by atoms with van der Waals surface area (Å²) in [5.41, 5.74) is 1.62. The Labute approximate surface area is 149 Å². The largest absolute Gasteiger partial charge is 0.378 e. The molecular formula is C19H27N3O3. The van der Waals surface area contributed by atoms with E-state index in [0.717, 1.165) is 44.5 Å². The van der Waals surface area contributed by atoms with Gasteiger partial charge in [-0.05, 0) is 25.0 Å². The van der Waals surface area contributed by atoms with Crippen molar-refractivity contribution in [2.45, 2.75) is 38.1 Å². The van der Waals surface area contributed by atoms with Crippen molar-refractivity contribution in [2.24, 2.45) is 0 Å². The van der Waals surface area contributed by atoms with E-state index in [9.17, 15) is 9.59 Å². The molecule has 0 unspecified atom stereocenters. The molecule has 2 amide bonds. The van der Waals surface area contributed by atoms with E-state index in [0.29, 0.717) is 18.9 Å². The maximum atomic E-state index is 12.5. The van der Waals surface area contributed by atoms with Crippen LogP contribution in [0.3, 0.4) is 0 Å². The Bertz CT molecular complexity index is 608. The fraction of sp³-hybridized carbons (Fsp3) is 0.579. The van der Waals surface area contributed by atoms with Gasteiger partial charge in [-0.25, -0.2) is 0 Å². The van der Waals surface area contributed by atoms with Gasteiger partial charge in [-0.2, -0.15) is 0 Å². The van der Waals surface area contributed by atoms with Gasteiger partial charge in [-0.3, -0.25) is 9.59 Å². The van der Waals surface area contributed by atoms with Crippen molar-refractivity contribution in [2.75, 3.05) is 43.6 Å². The molecule has 136 valence electrons. The summed E-state index contributed by atoms with van der Waals surface area (Å²) in [6, 6.07) is 7.81. The van der Waals surface area contributed by atoms with Gasteiger partial charge in [0, 0.05) is 26.2 Å². The lowest BCUT2D eigenvalue weighted by Gasteiger charge is -2.32. The van der Waals surface area contributed by atoms with E-state index < -0.39 is 11.8 Å². The predicted molar refractivity (Wildman–Crippen MR) is 97.7 cm³/mol. The molecule has 0 atom stereocenters. The summed E-state index contributed by atoms with van der Waals surface area (Å²) in [5, 5.41) is 2.81. The van der Waals surface area contributed by atoms with E-state index >= 15 is 0 Å². The monoisotopic (exact) mass is 345 g/mol. The zero-order chi connectivity index (χ0) is 17.6. The van der Waals surface area contributed by atoms with E-state index in [1.54, 1.807) is 11.9 Å². The number of nitrogens with one attached hydrogen (secondary N) is 1. The molecule has 2 fully saturated rings. The van der Waals surface area contributed by atoms with Crippen molar-refractivity contribution in [3.05, 3.63) is 24.3 Å². The summed E-state index contributed by atoms with van der Waals surface area (Å²) >= 11 is 0. The topological polar surface area (TPSA) is 61.9 Å². The Balaban J connectivity index is 1.67. The van der Waals surface area contributed by atoms with Crippen molar-refractivity contribution in [1.29, 1.82) is 0 Å². The highest BCUT2D eigenvalue weighted by atomic mass is 16.5. The second kappa shape index (κ2) is 8.34. The summed E-state index contributed by atoms with van der Waals surface area (Å²) in [6.07, 6.45) is 5.45. The number of carbonyl (C=O) groups is 2. The van der Waals surface area contributed by atoms with Crippen molar-refractivity contribution >= 4 is 23.2 Å². The van der Waals surface area contributed by atoms with Crippen molar-refractivity contribution in [3.8, 4) is 0 Å². The minimum Gasteiger partial charge on any atom is -0.378 e. The highest BCUT2D eigenvalue weighted by Gasteiger charge is 2.27. The number of likely N-dealkylation sites (N-methyl/N-ethyl adjacent to an activating group) is 1. The van der Waals surface area contributed by atoms with Crippen LogP contribution >= 0.6 is 0 Å². The molecule has 0 aromatic heterocycles. The van der Waals surface area contributed by atoms with Crippen LogP contribution in [0, 0.1) is 0 Å². The molecule has 1 N–H and O–H groups in total. The first kappa shape index (κ1) is 17.7. The highest BCUT2D eigenvalue weighted by molar-refractivity contribution is 6.39. The molecule has 0 bridgehead atoms. The van der Waals surface area contributed by atoms with Gasteiger partial charge in [0.2, 0.25) is 0 Å². The quantitative estimate of drug-likeness (QED) is 0.854. The SMILES string of the molecule is CN(C(=O)C(=O)Nc1ccccc1N1CCOCC1)C1CCCCC1. The van der Waals surface area contributed by atoms with E-state index in [1.807, 2.05) is 24.3 Å². The number of carbonyl (C=O) groups excluding carboxylic acids is 2. The molecule has 0 spiro atoms. The number of hydrogen-bond acceptors (Lipinski definition) is 4. The van der Waals surface area contributed by atoms with Crippen LogP contribution in [0.25, 0.3) is 0 Å². The van der Waals surface area contributed by atoms with Gasteiger partial charge in [-0.15, -0.1) is 0 Å². The van der Waals surface area contributed by atoms with Crippen LogP contribution in [0.4, 0.5) is 11.4 Å². The molecule has 6 heteroatoms. The molecule has 1 aliphatic heterocycles. The molecule has 0 radical (unpaired) electrons. The number of amides is 2.